The Bertz CT molecular complexity index is 731. The maximum absolute atomic E-state index is 12.9. The molecule has 0 radical (unpaired) electrons. The summed E-state index contributed by atoms with van der Waals surface area (Å²) in [6.07, 6.45) is 1.16. The van der Waals surface area contributed by atoms with Gasteiger partial charge < -0.3 is 9.64 Å². The van der Waals surface area contributed by atoms with Crippen molar-refractivity contribution < 1.29 is 9.53 Å². The van der Waals surface area contributed by atoms with Crippen molar-refractivity contribution in [3.05, 3.63) is 57.8 Å². The Balaban J connectivity index is 1.49. The van der Waals surface area contributed by atoms with Gasteiger partial charge in [-0.1, -0.05) is 24.3 Å². The molecule has 25 heavy (non-hydrogen) atoms. The van der Waals surface area contributed by atoms with Crippen LogP contribution in [0.3, 0.4) is 0 Å². The molecular formula is C20H24N2O2S. The zero-order valence-electron chi connectivity index (χ0n) is 14.6. The molecule has 0 aliphatic carbocycles. The van der Waals surface area contributed by atoms with Crippen LogP contribution in [0, 0.1) is 6.92 Å². The highest BCUT2D eigenvalue weighted by molar-refractivity contribution is 7.08. The number of benzene rings is 1. The molecule has 0 unspecified atom stereocenters. The van der Waals surface area contributed by atoms with Gasteiger partial charge >= 0.3 is 0 Å². The van der Waals surface area contributed by atoms with Crippen molar-refractivity contribution >= 4 is 17.2 Å². The molecule has 0 saturated carbocycles. The van der Waals surface area contributed by atoms with Crippen LogP contribution in [0.25, 0.3) is 0 Å². The summed E-state index contributed by atoms with van der Waals surface area (Å²) in [5.74, 6) is 0.150. The van der Waals surface area contributed by atoms with Gasteiger partial charge in [0.1, 0.15) is 0 Å². The number of amides is 1. The third kappa shape index (κ3) is 3.50. The van der Waals surface area contributed by atoms with E-state index < -0.39 is 0 Å². The first-order valence-corrected chi connectivity index (χ1v) is 9.88. The van der Waals surface area contributed by atoms with E-state index in [1.165, 1.54) is 11.1 Å². The SMILES string of the molecule is Cc1ccccc1CN1CC[C@H]2OCCN(C(=O)c3ccsc3)[C@@H]2C1. The summed E-state index contributed by atoms with van der Waals surface area (Å²) in [6, 6.07) is 10.6. The van der Waals surface area contributed by atoms with Crippen molar-refractivity contribution in [2.75, 3.05) is 26.2 Å². The number of rotatable bonds is 3. The number of morpholine rings is 1. The van der Waals surface area contributed by atoms with Crippen LogP contribution in [-0.4, -0.2) is 54.1 Å². The van der Waals surface area contributed by atoms with E-state index in [-0.39, 0.29) is 18.1 Å². The summed E-state index contributed by atoms with van der Waals surface area (Å²) in [4.78, 5) is 17.4. The van der Waals surface area contributed by atoms with Gasteiger partial charge in [-0.05, 0) is 35.9 Å². The molecule has 3 heterocycles. The number of carbonyl (C=O) groups is 1. The van der Waals surface area contributed by atoms with E-state index in [0.29, 0.717) is 13.2 Å². The van der Waals surface area contributed by atoms with Gasteiger partial charge in [-0.2, -0.15) is 11.3 Å². The summed E-state index contributed by atoms with van der Waals surface area (Å²) in [7, 11) is 0. The molecule has 2 aromatic rings. The Kier molecular flexibility index (Phi) is 4.88. The molecule has 132 valence electrons. The highest BCUT2D eigenvalue weighted by Crippen LogP contribution is 2.26. The zero-order valence-corrected chi connectivity index (χ0v) is 15.4. The highest BCUT2D eigenvalue weighted by Gasteiger charge is 2.39. The molecule has 1 amide bonds. The highest BCUT2D eigenvalue weighted by atomic mass is 32.1. The second-order valence-electron chi connectivity index (χ2n) is 6.94. The van der Waals surface area contributed by atoms with Crippen molar-refractivity contribution in [1.82, 2.24) is 9.80 Å². The van der Waals surface area contributed by atoms with Crippen molar-refractivity contribution in [2.24, 2.45) is 0 Å². The van der Waals surface area contributed by atoms with Crippen molar-refractivity contribution in [3.8, 4) is 0 Å². The van der Waals surface area contributed by atoms with Gasteiger partial charge in [-0.3, -0.25) is 9.69 Å². The molecule has 0 bridgehead atoms. The van der Waals surface area contributed by atoms with Crippen molar-refractivity contribution in [1.29, 1.82) is 0 Å². The molecular weight excluding hydrogens is 332 g/mol. The van der Waals surface area contributed by atoms with Crippen molar-refractivity contribution in [2.45, 2.75) is 32.0 Å². The summed E-state index contributed by atoms with van der Waals surface area (Å²) in [5.41, 5.74) is 3.51. The lowest BCUT2D eigenvalue weighted by Gasteiger charge is -2.47. The minimum absolute atomic E-state index is 0.150. The average molecular weight is 356 g/mol. The monoisotopic (exact) mass is 356 g/mol. The van der Waals surface area contributed by atoms with Gasteiger partial charge in [0.2, 0.25) is 0 Å². The molecule has 4 rings (SSSR count). The van der Waals surface area contributed by atoms with E-state index in [1.54, 1.807) is 11.3 Å². The number of nitrogens with zero attached hydrogens (tertiary/aromatic N) is 2. The Morgan fingerprint density at radius 3 is 2.96 bits per heavy atom. The second-order valence-corrected chi connectivity index (χ2v) is 7.72. The molecule has 0 N–H and O–H groups in total. The number of carbonyl (C=O) groups excluding carboxylic acids is 1. The van der Waals surface area contributed by atoms with E-state index in [1.807, 2.05) is 21.7 Å². The first-order valence-electron chi connectivity index (χ1n) is 8.94. The van der Waals surface area contributed by atoms with E-state index in [0.717, 1.165) is 31.6 Å². The fraction of sp³-hybridized carbons (Fsp3) is 0.450. The Hall–Kier alpha value is -1.69. The molecule has 4 nitrogen and oxygen atoms in total. The summed E-state index contributed by atoms with van der Waals surface area (Å²) in [5, 5.41) is 3.91. The van der Waals surface area contributed by atoms with Crippen molar-refractivity contribution in [3.63, 3.8) is 0 Å². The van der Waals surface area contributed by atoms with Crippen LogP contribution in [0.4, 0.5) is 0 Å². The topological polar surface area (TPSA) is 32.8 Å². The summed E-state index contributed by atoms with van der Waals surface area (Å²) < 4.78 is 5.98. The van der Waals surface area contributed by atoms with Gasteiger partial charge in [0, 0.05) is 31.6 Å². The maximum Gasteiger partial charge on any atom is 0.255 e. The third-order valence-corrected chi connectivity index (χ3v) is 6.04. The molecule has 2 aliphatic heterocycles. The number of aryl methyl sites for hydroxylation is 1. The fourth-order valence-electron chi connectivity index (χ4n) is 3.91. The predicted molar refractivity (Wildman–Crippen MR) is 100.0 cm³/mol. The Morgan fingerprint density at radius 2 is 2.16 bits per heavy atom. The van der Waals surface area contributed by atoms with Gasteiger partial charge in [0.05, 0.1) is 24.3 Å². The molecule has 5 heteroatoms. The number of thiophene rings is 1. The Labute approximate surface area is 153 Å². The normalized spacial score (nSPS) is 24.1. The number of hydrogen-bond donors (Lipinski definition) is 0. The molecule has 2 aliphatic rings. The van der Waals surface area contributed by atoms with E-state index in [4.69, 9.17) is 4.74 Å². The lowest BCUT2D eigenvalue weighted by Crippen LogP contribution is -2.61. The minimum atomic E-state index is 0.150. The smallest absolute Gasteiger partial charge is 0.255 e. The van der Waals surface area contributed by atoms with Gasteiger partial charge in [-0.25, -0.2) is 0 Å². The first kappa shape index (κ1) is 16.8. The van der Waals surface area contributed by atoms with E-state index in [2.05, 4.69) is 36.1 Å². The van der Waals surface area contributed by atoms with Gasteiger partial charge in [-0.15, -0.1) is 0 Å². The summed E-state index contributed by atoms with van der Waals surface area (Å²) >= 11 is 1.58. The average Bonchev–Trinajstić information content (AvgIpc) is 3.17. The van der Waals surface area contributed by atoms with Gasteiger partial charge in [0.15, 0.2) is 0 Å². The second kappa shape index (κ2) is 7.28. The van der Waals surface area contributed by atoms with Gasteiger partial charge in [0.25, 0.3) is 5.91 Å². The Morgan fingerprint density at radius 1 is 1.28 bits per heavy atom. The van der Waals surface area contributed by atoms with Crippen LogP contribution in [0.5, 0.6) is 0 Å². The standard InChI is InChI=1S/C20H24N2O2S/c1-15-4-2-3-5-16(15)12-21-8-6-19-18(13-21)22(9-10-24-19)20(23)17-7-11-25-14-17/h2-5,7,11,14,18-19H,6,8-10,12-13H2,1H3/t18-,19-/m1/s1. The van der Waals surface area contributed by atoms with Crippen LogP contribution >= 0.6 is 11.3 Å². The number of likely N-dealkylation sites (tertiary alicyclic amines) is 1. The maximum atomic E-state index is 12.9. The first-order chi connectivity index (χ1) is 12.2. The minimum Gasteiger partial charge on any atom is -0.374 e. The molecule has 2 atom stereocenters. The predicted octanol–water partition coefficient (Wildman–Crippen LogP) is 3.17. The number of fused-ring (bicyclic) bond motifs is 1. The summed E-state index contributed by atoms with van der Waals surface area (Å²) in [6.45, 7) is 6.35. The van der Waals surface area contributed by atoms with Crippen LogP contribution < -0.4 is 0 Å². The molecule has 1 aromatic heterocycles. The fourth-order valence-corrected chi connectivity index (χ4v) is 4.54. The van der Waals surface area contributed by atoms with Crippen LogP contribution in [0.15, 0.2) is 41.1 Å². The number of ether oxygens (including phenoxy) is 1. The molecule has 0 spiro atoms. The largest absolute Gasteiger partial charge is 0.374 e. The van der Waals surface area contributed by atoms with Crippen LogP contribution in [-0.2, 0) is 11.3 Å². The molecule has 2 saturated heterocycles. The van der Waals surface area contributed by atoms with Crippen LogP contribution in [0.2, 0.25) is 0 Å². The molecule has 1 aromatic carbocycles. The van der Waals surface area contributed by atoms with E-state index >= 15 is 0 Å². The third-order valence-electron chi connectivity index (χ3n) is 5.35. The lowest BCUT2D eigenvalue weighted by molar-refractivity contribution is -0.0914. The lowest BCUT2D eigenvalue weighted by atomic mass is 9.97. The molecule has 2 fully saturated rings. The number of piperidine rings is 1. The quantitative estimate of drug-likeness (QED) is 0.847. The van der Waals surface area contributed by atoms with Crippen LogP contribution in [0.1, 0.15) is 27.9 Å². The van der Waals surface area contributed by atoms with E-state index in [9.17, 15) is 4.79 Å². The zero-order chi connectivity index (χ0) is 17.2. The number of hydrogen-bond acceptors (Lipinski definition) is 4.